The molecule has 28 heavy (non-hydrogen) atoms. The fourth-order valence-electron chi connectivity index (χ4n) is 3.28. The number of rotatable bonds is 5. The summed E-state index contributed by atoms with van der Waals surface area (Å²) in [6.07, 6.45) is 0. The standard InChI is InChI=1S/C23H17NO4/c25-21-18-11-5-6-12-19(18)22(26)24(21)14-15-28-23(27)20-13-7-4-10-17(20)16-8-2-1-3-9-16/h1-13H,14-15H2. The van der Waals surface area contributed by atoms with Crippen molar-refractivity contribution < 1.29 is 19.1 Å². The Labute approximate surface area is 162 Å². The molecule has 1 heterocycles. The molecular weight excluding hydrogens is 354 g/mol. The molecule has 0 N–H and O–H groups in total. The quantitative estimate of drug-likeness (QED) is 0.505. The van der Waals surface area contributed by atoms with Gasteiger partial charge in [0.25, 0.3) is 11.8 Å². The summed E-state index contributed by atoms with van der Waals surface area (Å²) in [5.41, 5.74) is 2.89. The molecule has 0 spiro atoms. The SMILES string of the molecule is O=C(OCCN1C(=O)c2ccccc2C1=O)c1ccccc1-c1ccccc1. The zero-order valence-electron chi connectivity index (χ0n) is 15.0. The summed E-state index contributed by atoms with van der Waals surface area (Å²) in [4.78, 5) is 38.4. The van der Waals surface area contributed by atoms with Crippen LogP contribution in [0.5, 0.6) is 0 Å². The first-order valence-corrected chi connectivity index (χ1v) is 8.93. The third kappa shape index (κ3) is 3.18. The predicted molar refractivity (Wildman–Crippen MR) is 104 cm³/mol. The van der Waals surface area contributed by atoms with Gasteiger partial charge in [-0.15, -0.1) is 0 Å². The third-order valence-electron chi connectivity index (χ3n) is 4.66. The molecule has 2 amide bonds. The molecule has 0 aromatic heterocycles. The lowest BCUT2D eigenvalue weighted by atomic mass is 10.00. The summed E-state index contributed by atoms with van der Waals surface area (Å²) in [7, 11) is 0. The number of nitrogens with zero attached hydrogens (tertiary/aromatic N) is 1. The number of carbonyl (C=O) groups excluding carboxylic acids is 3. The van der Waals surface area contributed by atoms with Crippen molar-refractivity contribution in [2.45, 2.75) is 0 Å². The molecule has 0 saturated heterocycles. The Balaban J connectivity index is 1.44. The smallest absolute Gasteiger partial charge is 0.338 e. The summed E-state index contributed by atoms with van der Waals surface area (Å²) in [6, 6.07) is 23.4. The Hall–Kier alpha value is -3.73. The second-order valence-corrected chi connectivity index (χ2v) is 6.36. The monoisotopic (exact) mass is 371 g/mol. The van der Waals surface area contributed by atoms with E-state index in [-0.39, 0.29) is 25.0 Å². The summed E-state index contributed by atoms with van der Waals surface area (Å²) in [6.45, 7) is -0.0426. The fraction of sp³-hybridized carbons (Fsp3) is 0.0870. The van der Waals surface area contributed by atoms with E-state index in [1.807, 2.05) is 42.5 Å². The van der Waals surface area contributed by atoms with Gasteiger partial charge in [0.15, 0.2) is 0 Å². The normalized spacial score (nSPS) is 12.8. The van der Waals surface area contributed by atoms with Crippen LogP contribution < -0.4 is 0 Å². The van der Waals surface area contributed by atoms with Gasteiger partial charge in [-0.1, -0.05) is 60.7 Å². The highest BCUT2D eigenvalue weighted by molar-refractivity contribution is 6.21. The first-order chi connectivity index (χ1) is 13.7. The Morgan fingerprint density at radius 1 is 0.714 bits per heavy atom. The zero-order valence-corrected chi connectivity index (χ0v) is 15.0. The maximum Gasteiger partial charge on any atom is 0.338 e. The van der Waals surface area contributed by atoms with Crippen LogP contribution in [0, 0.1) is 0 Å². The molecule has 1 aliphatic rings. The molecule has 5 heteroatoms. The minimum Gasteiger partial charge on any atom is -0.460 e. The number of benzene rings is 3. The minimum atomic E-state index is -0.490. The van der Waals surface area contributed by atoms with E-state index in [1.54, 1.807) is 36.4 Å². The van der Waals surface area contributed by atoms with Crippen LogP contribution in [0.3, 0.4) is 0 Å². The lowest BCUT2D eigenvalue weighted by Gasteiger charge is -2.14. The Kier molecular flexibility index (Phi) is 4.72. The molecule has 5 nitrogen and oxygen atoms in total. The highest BCUT2D eigenvalue weighted by Crippen LogP contribution is 2.25. The molecule has 0 unspecified atom stereocenters. The first kappa shape index (κ1) is 17.7. The van der Waals surface area contributed by atoms with Gasteiger partial charge in [-0.25, -0.2) is 4.79 Å². The Morgan fingerprint density at radius 2 is 1.25 bits per heavy atom. The van der Waals surface area contributed by atoms with E-state index in [1.165, 1.54) is 0 Å². The molecule has 4 rings (SSSR count). The van der Waals surface area contributed by atoms with Crippen LogP contribution in [0.1, 0.15) is 31.1 Å². The van der Waals surface area contributed by atoms with E-state index < -0.39 is 5.97 Å². The Bertz CT molecular complexity index is 1020. The van der Waals surface area contributed by atoms with Crippen LogP contribution in [-0.2, 0) is 4.74 Å². The largest absolute Gasteiger partial charge is 0.460 e. The molecule has 0 radical (unpaired) electrons. The number of hydrogen-bond acceptors (Lipinski definition) is 4. The van der Waals surface area contributed by atoms with Crippen LogP contribution in [0.2, 0.25) is 0 Å². The molecule has 0 fully saturated rings. The van der Waals surface area contributed by atoms with Gasteiger partial charge in [0.2, 0.25) is 0 Å². The highest BCUT2D eigenvalue weighted by Gasteiger charge is 2.34. The average molecular weight is 371 g/mol. The van der Waals surface area contributed by atoms with Gasteiger partial charge in [0.1, 0.15) is 6.61 Å². The van der Waals surface area contributed by atoms with Crippen molar-refractivity contribution in [2.24, 2.45) is 0 Å². The second kappa shape index (κ2) is 7.48. The first-order valence-electron chi connectivity index (χ1n) is 8.93. The van der Waals surface area contributed by atoms with Crippen molar-refractivity contribution in [3.8, 4) is 11.1 Å². The van der Waals surface area contributed by atoms with Crippen molar-refractivity contribution in [3.05, 3.63) is 95.6 Å². The summed E-state index contributed by atoms with van der Waals surface area (Å²) >= 11 is 0. The van der Waals surface area contributed by atoms with Crippen molar-refractivity contribution in [2.75, 3.05) is 13.2 Å². The number of imide groups is 1. The molecule has 3 aromatic carbocycles. The van der Waals surface area contributed by atoms with E-state index in [2.05, 4.69) is 0 Å². The predicted octanol–water partition coefficient (Wildman–Crippen LogP) is 3.81. The maximum absolute atomic E-state index is 12.6. The van der Waals surface area contributed by atoms with Crippen LogP contribution in [-0.4, -0.2) is 35.8 Å². The van der Waals surface area contributed by atoms with Crippen molar-refractivity contribution >= 4 is 17.8 Å². The molecule has 0 bridgehead atoms. The fourth-order valence-corrected chi connectivity index (χ4v) is 3.28. The van der Waals surface area contributed by atoms with Crippen LogP contribution in [0.15, 0.2) is 78.9 Å². The highest BCUT2D eigenvalue weighted by atomic mass is 16.5. The number of amides is 2. The van der Waals surface area contributed by atoms with Crippen molar-refractivity contribution in [1.29, 1.82) is 0 Å². The van der Waals surface area contributed by atoms with Crippen molar-refractivity contribution in [1.82, 2.24) is 4.90 Å². The molecule has 138 valence electrons. The summed E-state index contributed by atoms with van der Waals surface area (Å²) in [5, 5.41) is 0. The maximum atomic E-state index is 12.6. The van der Waals surface area contributed by atoms with Gasteiger partial charge in [-0.3, -0.25) is 14.5 Å². The molecule has 0 atom stereocenters. The number of carbonyl (C=O) groups is 3. The molecule has 0 saturated carbocycles. The van der Waals surface area contributed by atoms with E-state index >= 15 is 0 Å². The topological polar surface area (TPSA) is 63.7 Å². The number of ether oxygens (including phenoxy) is 1. The summed E-state index contributed by atoms with van der Waals surface area (Å²) < 4.78 is 5.36. The number of fused-ring (bicyclic) bond motifs is 1. The number of esters is 1. The van der Waals surface area contributed by atoms with Gasteiger partial charge < -0.3 is 4.74 Å². The van der Waals surface area contributed by atoms with E-state index in [0.717, 1.165) is 16.0 Å². The average Bonchev–Trinajstić information content (AvgIpc) is 2.99. The summed E-state index contributed by atoms with van der Waals surface area (Å²) in [5.74, 6) is -1.21. The van der Waals surface area contributed by atoms with Crippen LogP contribution >= 0.6 is 0 Å². The van der Waals surface area contributed by atoms with E-state index in [4.69, 9.17) is 4.74 Å². The minimum absolute atomic E-state index is 0.0194. The van der Waals surface area contributed by atoms with Crippen LogP contribution in [0.4, 0.5) is 0 Å². The van der Waals surface area contributed by atoms with Gasteiger partial charge in [-0.05, 0) is 29.3 Å². The lowest BCUT2D eigenvalue weighted by molar-refractivity contribution is 0.0421. The van der Waals surface area contributed by atoms with Gasteiger partial charge in [-0.2, -0.15) is 0 Å². The van der Waals surface area contributed by atoms with Crippen molar-refractivity contribution in [3.63, 3.8) is 0 Å². The lowest BCUT2D eigenvalue weighted by Crippen LogP contribution is -2.33. The molecule has 3 aromatic rings. The van der Waals surface area contributed by atoms with E-state index in [0.29, 0.717) is 16.7 Å². The van der Waals surface area contributed by atoms with Crippen LogP contribution in [0.25, 0.3) is 11.1 Å². The van der Waals surface area contributed by atoms with Gasteiger partial charge in [0.05, 0.1) is 23.2 Å². The third-order valence-corrected chi connectivity index (χ3v) is 4.66. The molecule has 0 aliphatic carbocycles. The second-order valence-electron chi connectivity index (χ2n) is 6.36. The van der Waals surface area contributed by atoms with Gasteiger partial charge in [0, 0.05) is 0 Å². The molecular formula is C23H17NO4. The molecule has 1 aliphatic heterocycles. The van der Waals surface area contributed by atoms with Gasteiger partial charge >= 0.3 is 5.97 Å². The zero-order chi connectivity index (χ0) is 19.5. The van der Waals surface area contributed by atoms with E-state index in [9.17, 15) is 14.4 Å². The number of hydrogen-bond donors (Lipinski definition) is 0. The Morgan fingerprint density at radius 3 is 1.89 bits per heavy atom.